The quantitative estimate of drug-likeness (QED) is 0.470. The molecule has 0 saturated carbocycles. The van der Waals surface area contributed by atoms with Gasteiger partial charge in [-0.1, -0.05) is 47.8 Å². The molecule has 0 saturated heterocycles. The van der Waals surface area contributed by atoms with E-state index < -0.39 is 40.2 Å². The number of amides is 2. The van der Waals surface area contributed by atoms with Crippen LogP contribution in [0.4, 0.5) is 10.1 Å². The zero-order valence-corrected chi connectivity index (χ0v) is 21.9. The van der Waals surface area contributed by atoms with Gasteiger partial charge in [0.25, 0.3) is 0 Å². The lowest BCUT2D eigenvalue weighted by Gasteiger charge is -2.33. The third kappa shape index (κ3) is 6.97. The molecule has 186 valence electrons. The summed E-state index contributed by atoms with van der Waals surface area (Å²) in [6, 6.07) is 7.24. The fraction of sp³-hybridized carbons (Fsp3) is 0.364. The number of carbonyl (C=O) groups excluding carboxylic acids is 2. The molecular weight excluding hydrogens is 528 g/mol. The molecule has 34 heavy (non-hydrogen) atoms. The Bertz CT molecular complexity index is 1140. The first-order chi connectivity index (χ1) is 15.9. The van der Waals surface area contributed by atoms with Crippen molar-refractivity contribution >= 4 is 62.3 Å². The van der Waals surface area contributed by atoms with Crippen molar-refractivity contribution in [3.63, 3.8) is 0 Å². The summed E-state index contributed by atoms with van der Waals surface area (Å²) in [7, 11) is -3.98. The number of anilines is 1. The van der Waals surface area contributed by atoms with Crippen molar-refractivity contribution in [2.45, 2.75) is 32.9 Å². The standard InChI is InChI=1S/C22H25Cl3FN3O4S/c1-4-20(22(31)27-5-2)28(12-15-16(23)7-6-8-17(15)24)21(30)13-29(34(3,32)33)14-9-10-19(26)18(25)11-14/h6-11,20H,4-5,12-13H2,1-3H3,(H,27,31). The summed E-state index contributed by atoms with van der Waals surface area (Å²) in [5, 5.41) is 2.97. The van der Waals surface area contributed by atoms with Crippen LogP contribution in [0.3, 0.4) is 0 Å². The minimum absolute atomic E-state index is 0.00374. The number of halogens is 4. The number of benzene rings is 2. The molecule has 7 nitrogen and oxygen atoms in total. The molecule has 0 fully saturated rings. The average molecular weight is 553 g/mol. The minimum Gasteiger partial charge on any atom is -0.355 e. The van der Waals surface area contributed by atoms with Gasteiger partial charge >= 0.3 is 0 Å². The number of hydrogen-bond acceptors (Lipinski definition) is 4. The highest BCUT2D eigenvalue weighted by Crippen LogP contribution is 2.28. The summed E-state index contributed by atoms with van der Waals surface area (Å²) in [5.41, 5.74) is 0.418. The first-order valence-corrected chi connectivity index (χ1v) is 13.3. The number of rotatable bonds is 10. The van der Waals surface area contributed by atoms with E-state index in [1.54, 1.807) is 32.0 Å². The van der Waals surface area contributed by atoms with Gasteiger partial charge in [0.1, 0.15) is 18.4 Å². The van der Waals surface area contributed by atoms with E-state index in [1.807, 2.05) is 0 Å². The van der Waals surface area contributed by atoms with E-state index in [0.29, 0.717) is 22.2 Å². The van der Waals surface area contributed by atoms with Crippen molar-refractivity contribution in [3.05, 3.63) is 62.8 Å². The molecule has 0 aromatic heterocycles. The van der Waals surface area contributed by atoms with E-state index in [4.69, 9.17) is 34.8 Å². The van der Waals surface area contributed by atoms with Crippen LogP contribution in [-0.4, -0.2) is 50.5 Å². The zero-order valence-electron chi connectivity index (χ0n) is 18.8. The first kappa shape index (κ1) is 28.2. The van der Waals surface area contributed by atoms with Crippen molar-refractivity contribution < 1.29 is 22.4 Å². The lowest BCUT2D eigenvalue weighted by molar-refractivity contribution is -0.140. The summed E-state index contributed by atoms with van der Waals surface area (Å²) in [6.45, 7) is 3.02. The van der Waals surface area contributed by atoms with Gasteiger partial charge in [-0.05, 0) is 43.7 Å². The number of nitrogens with zero attached hydrogens (tertiary/aromatic N) is 2. The summed E-state index contributed by atoms with van der Waals surface area (Å²) >= 11 is 18.4. The van der Waals surface area contributed by atoms with Crippen molar-refractivity contribution in [1.82, 2.24) is 10.2 Å². The molecule has 1 unspecified atom stereocenters. The molecule has 0 aliphatic rings. The lowest BCUT2D eigenvalue weighted by Crippen LogP contribution is -2.52. The van der Waals surface area contributed by atoms with Crippen LogP contribution in [0.15, 0.2) is 36.4 Å². The summed E-state index contributed by atoms with van der Waals surface area (Å²) in [5.74, 6) is -1.82. The highest BCUT2D eigenvalue weighted by molar-refractivity contribution is 7.92. The van der Waals surface area contributed by atoms with Crippen LogP contribution >= 0.6 is 34.8 Å². The zero-order chi connectivity index (χ0) is 25.6. The summed E-state index contributed by atoms with van der Waals surface area (Å²) in [4.78, 5) is 27.5. The lowest BCUT2D eigenvalue weighted by atomic mass is 10.1. The Morgan fingerprint density at radius 3 is 2.18 bits per heavy atom. The molecular formula is C22H25Cl3FN3O4S. The second-order valence-electron chi connectivity index (χ2n) is 7.41. The normalized spacial score (nSPS) is 12.2. The molecule has 0 heterocycles. The van der Waals surface area contributed by atoms with E-state index >= 15 is 0 Å². The Labute approximate surface area is 213 Å². The Hall–Kier alpha value is -2.07. The average Bonchev–Trinajstić information content (AvgIpc) is 2.75. The second kappa shape index (κ2) is 12.1. The Morgan fingerprint density at radius 1 is 1.06 bits per heavy atom. The number of sulfonamides is 1. The predicted molar refractivity (Wildman–Crippen MR) is 133 cm³/mol. The number of carbonyl (C=O) groups is 2. The Morgan fingerprint density at radius 2 is 1.68 bits per heavy atom. The number of nitrogens with one attached hydrogen (secondary N) is 1. The largest absolute Gasteiger partial charge is 0.355 e. The van der Waals surface area contributed by atoms with Crippen LogP contribution in [-0.2, 0) is 26.2 Å². The maximum absolute atomic E-state index is 13.6. The molecule has 2 aromatic rings. The second-order valence-corrected chi connectivity index (χ2v) is 10.5. The van der Waals surface area contributed by atoms with Crippen LogP contribution in [0, 0.1) is 5.82 Å². The molecule has 0 aliphatic carbocycles. The smallest absolute Gasteiger partial charge is 0.244 e. The summed E-state index contributed by atoms with van der Waals surface area (Å²) in [6.07, 6.45) is 1.16. The molecule has 0 spiro atoms. The molecule has 2 rings (SSSR count). The van der Waals surface area contributed by atoms with Crippen molar-refractivity contribution in [1.29, 1.82) is 0 Å². The highest BCUT2D eigenvalue weighted by atomic mass is 35.5. The highest BCUT2D eigenvalue weighted by Gasteiger charge is 2.32. The van der Waals surface area contributed by atoms with Gasteiger partial charge in [0.15, 0.2) is 0 Å². The van der Waals surface area contributed by atoms with Gasteiger partial charge in [0, 0.05) is 28.7 Å². The molecule has 1 N–H and O–H groups in total. The monoisotopic (exact) mass is 551 g/mol. The topological polar surface area (TPSA) is 86.8 Å². The van der Waals surface area contributed by atoms with E-state index in [-0.39, 0.29) is 23.7 Å². The molecule has 0 bridgehead atoms. The van der Waals surface area contributed by atoms with Crippen LogP contribution in [0.25, 0.3) is 0 Å². The first-order valence-electron chi connectivity index (χ1n) is 10.3. The van der Waals surface area contributed by atoms with E-state index in [9.17, 15) is 22.4 Å². The molecule has 12 heteroatoms. The Balaban J connectivity index is 2.51. The SMILES string of the molecule is CCNC(=O)C(CC)N(Cc1c(Cl)cccc1Cl)C(=O)CN(c1ccc(F)c(Cl)c1)S(C)(=O)=O. The van der Waals surface area contributed by atoms with Gasteiger partial charge in [0.2, 0.25) is 21.8 Å². The van der Waals surface area contributed by atoms with E-state index in [2.05, 4.69) is 5.32 Å². The molecule has 1 atom stereocenters. The van der Waals surface area contributed by atoms with Gasteiger partial charge < -0.3 is 10.2 Å². The van der Waals surface area contributed by atoms with E-state index in [1.165, 1.54) is 11.0 Å². The third-order valence-corrected chi connectivity index (χ3v) is 7.14. The van der Waals surface area contributed by atoms with Crippen LogP contribution in [0.2, 0.25) is 15.1 Å². The van der Waals surface area contributed by atoms with Gasteiger partial charge in [-0.2, -0.15) is 0 Å². The predicted octanol–water partition coefficient (Wildman–Crippen LogP) is 4.50. The number of hydrogen-bond donors (Lipinski definition) is 1. The van der Waals surface area contributed by atoms with Crippen LogP contribution in [0.5, 0.6) is 0 Å². The maximum Gasteiger partial charge on any atom is 0.244 e. The maximum atomic E-state index is 13.6. The fourth-order valence-electron chi connectivity index (χ4n) is 3.32. The fourth-order valence-corrected chi connectivity index (χ4v) is 4.85. The van der Waals surface area contributed by atoms with Gasteiger partial charge in [-0.15, -0.1) is 0 Å². The van der Waals surface area contributed by atoms with Crippen LogP contribution < -0.4 is 9.62 Å². The minimum atomic E-state index is -3.98. The van der Waals surface area contributed by atoms with Crippen molar-refractivity contribution in [2.75, 3.05) is 23.7 Å². The van der Waals surface area contributed by atoms with Gasteiger partial charge in [-0.25, -0.2) is 12.8 Å². The molecule has 0 radical (unpaired) electrons. The van der Waals surface area contributed by atoms with Crippen molar-refractivity contribution in [2.24, 2.45) is 0 Å². The number of likely N-dealkylation sites (N-methyl/N-ethyl adjacent to an activating group) is 1. The van der Waals surface area contributed by atoms with Crippen molar-refractivity contribution in [3.8, 4) is 0 Å². The summed E-state index contributed by atoms with van der Waals surface area (Å²) < 4.78 is 39.5. The molecule has 2 amide bonds. The Kier molecular flexibility index (Phi) is 9.99. The third-order valence-electron chi connectivity index (χ3n) is 5.00. The molecule has 2 aromatic carbocycles. The van der Waals surface area contributed by atoms with E-state index in [0.717, 1.165) is 22.7 Å². The molecule has 0 aliphatic heterocycles. The van der Waals surface area contributed by atoms with Gasteiger partial charge in [-0.3, -0.25) is 13.9 Å². The van der Waals surface area contributed by atoms with Crippen LogP contribution in [0.1, 0.15) is 25.8 Å². The van der Waals surface area contributed by atoms with Gasteiger partial charge in [0.05, 0.1) is 17.0 Å².